The molecular formula is C26H30F2N4O3. The van der Waals surface area contributed by atoms with Gasteiger partial charge in [-0.3, -0.25) is 9.59 Å². The van der Waals surface area contributed by atoms with Gasteiger partial charge in [-0.2, -0.15) is 0 Å². The second-order valence-electron chi connectivity index (χ2n) is 9.81. The van der Waals surface area contributed by atoms with E-state index in [1.165, 1.54) is 17.9 Å². The Labute approximate surface area is 203 Å². The van der Waals surface area contributed by atoms with Crippen molar-refractivity contribution < 1.29 is 23.2 Å². The molecule has 4 amide bonds. The molecule has 0 unspecified atom stereocenters. The van der Waals surface area contributed by atoms with Crippen molar-refractivity contribution in [2.45, 2.75) is 58.2 Å². The number of piperidine rings is 1. The van der Waals surface area contributed by atoms with E-state index in [1.54, 1.807) is 18.7 Å². The number of anilines is 1. The summed E-state index contributed by atoms with van der Waals surface area (Å²) in [5, 5.41) is 5.53. The lowest BCUT2D eigenvalue weighted by molar-refractivity contribution is -0.141. The number of nitrogens with zero attached hydrogens (tertiary/aromatic N) is 2. The number of carbonyl (C=O) groups excluding carboxylic acids is 3. The van der Waals surface area contributed by atoms with Gasteiger partial charge in [0, 0.05) is 43.9 Å². The van der Waals surface area contributed by atoms with Crippen molar-refractivity contribution in [1.82, 2.24) is 15.1 Å². The van der Waals surface area contributed by atoms with Crippen LogP contribution in [0.5, 0.6) is 0 Å². The summed E-state index contributed by atoms with van der Waals surface area (Å²) in [6, 6.07) is 9.31. The minimum Gasteiger partial charge on any atom is -0.342 e. The molecule has 1 saturated heterocycles. The van der Waals surface area contributed by atoms with Crippen molar-refractivity contribution in [3.63, 3.8) is 0 Å². The van der Waals surface area contributed by atoms with Crippen LogP contribution in [-0.2, 0) is 22.7 Å². The van der Waals surface area contributed by atoms with Crippen LogP contribution in [0.3, 0.4) is 0 Å². The minimum absolute atomic E-state index is 0.0871. The molecule has 1 fully saturated rings. The molecule has 0 radical (unpaired) electrons. The number of hydrogen-bond donors (Lipinski definition) is 2. The van der Waals surface area contributed by atoms with Gasteiger partial charge in [0.15, 0.2) is 0 Å². The van der Waals surface area contributed by atoms with Gasteiger partial charge in [0.2, 0.25) is 11.8 Å². The largest absolute Gasteiger partial charge is 0.342 e. The molecule has 2 aromatic carbocycles. The number of fused-ring (bicyclic) bond motifs is 1. The van der Waals surface area contributed by atoms with Gasteiger partial charge < -0.3 is 20.4 Å². The van der Waals surface area contributed by atoms with Gasteiger partial charge in [0.25, 0.3) is 0 Å². The molecule has 0 bridgehead atoms. The van der Waals surface area contributed by atoms with Crippen LogP contribution in [0.1, 0.15) is 56.2 Å². The van der Waals surface area contributed by atoms with E-state index in [2.05, 4.69) is 10.6 Å². The zero-order chi connectivity index (χ0) is 25.3. The fourth-order valence-corrected chi connectivity index (χ4v) is 4.92. The summed E-state index contributed by atoms with van der Waals surface area (Å²) in [6.45, 7) is 6.30. The number of rotatable bonds is 4. The van der Waals surface area contributed by atoms with Gasteiger partial charge >= 0.3 is 6.03 Å². The highest BCUT2D eigenvalue weighted by Crippen LogP contribution is 2.31. The standard InChI is InChI=1S/C26H30F2N4O3/c1-16(33)30-26(2,3)24(34)31-10-8-18(9-11-31)17-4-6-21(7-5-17)29-25(35)32-14-19-12-20(27)13-23(28)22(19)15-32/h4-7,12-13,18H,8-11,14-15H2,1-3H3,(H,29,35)(H,30,33). The van der Waals surface area contributed by atoms with Gasteiger partial charge in [-0.25, -0.2) is 13.6 Å². The van der Waals surface area contributed by atoms with E-state index in [0.29, 0.717) is 35.8 Å². The van der Waals surface area contributed by atoms with Crippen LogP contribution >= 0.6 is 0 Å². The fraction of sp³-hybridized carbons (Fsp3) is 0.423. The average molecular weight is 485 g/mol. The quantitative estimate of drug-likeness (QED) is 0.685. The van der Waals surface area contributed by atoms with E-state index in [9.17, 15) is 23.2 Å². The van der Waals surface area contributed by atoms with E-state index >= 15 is 0 Å². The molecule has 0 aromatic heterocycles. The number of hydrogen-bond acceptors (Lipinski definition) is 3. The zero-order valence-corrected chi connectivity index (χ0v) is 20.2. The third-order valence-electron chi connectivity index (χ3n) is 6.69. The Balaban J connectivity index is 1.31. The second-order valence-corrected chi connectivity index (χ2v) is 9.81. The number of nitrogens with one attached hydrogen (secondary N) is 2. The van der Waals surface area contributed by atoms with Gasteiger partial charge in [-0.05, 0) is 61.9 Å². The molecule has 2 aliphatic heterocycles. The smallest absolute Gasteiger partial charge is 0.322 e. The normalized spacial score (nSPS) is 16.1. The van der Waals surface area contributed by atoms with Crippen LogP contribution in [0, 0.1) is 11.6 Å². The monoisotopic (exact) mass is 484 g/mol. The SMILES string of the molecule is CC(=O)NC(C)(C)C(=O)N1CCC(c2ccc(NC(=O)N3Cc4cc(F)cc(F)c4C3)cc2)CC1. The molecule has 2 aromatic rings. The Morgan fingerprint density at radius 2 is 1.63 bits per heavy atom. The summed E-state index contributed by atoms with van der Waals surface area (Å²) in [4.78, 5) is 40.1. The highest BCUT2D eigenvalue weighted by Gasteiger charge is 2.35. The molecule has 4 rings (SSSR count). The fourth-order valence-electron chi connectivity index (χ4n) is 4.92. The van der Waals surface area contributed by atoms with Crippen LogP contribution in [0.15, 0.2) is 36.4 Å². The molecule has 0 atom stereocenters. The number of amides is 4. The Morgan fingerprint density at radius 1 is 0.971 bits per heavy atom. The molecule has 9 heteroatoms. The predicted octanol–water partition coefficient (Wildman–Crippen LogP) is 4.13. The third kappa shape index (κ3) is 5.44. The lowest BCUT2D eigenvalue weighted by Crippen LogP contribution is -2.56. The summed E-state index contributed by atoms with van der Waals surface area (Å²) in [5.41, 5.74) is 1.64. The Kier molecular flexibility index (Phi) is 6.78. The van der Waals surface area contributed by atoms with E-state index in [4.69, 9.17) is 0 Å². The Bertz CT molecular complexity index is 1140. The summed E-state index contributed by atoms with van der Waals surface area (Å²) in [6.07, 6.45) is 1.61. The van der Waals surface area contributed by atoms with Crippen molar-refractivity contribution in [3.05, 3.63) is 64.7 Å². The van der Waals surface area contributed by atoms with E-state index in [-0.39, 0.29) is 30.9 Å². The molecule has 2 heterocycles. The molecule has 0 spiro atoms. The number of likely N-dealkylation sites (tertiary alicyclic amines) is 1. The molecular weight excluding hydrogens is 454 g/mol. The average Bonchev–Trinajstić information content (AvgIpc) is 3.23. The van der Waals surface area contributed by atoms with Gasteiger partial charge in [-0.1, -0.05) is 12.1 Å². The first-order valence-electron chi connectivity index (χ1n) is 11.7. The first kappa shape index (κ1) is 24.6. The molecule has 186 valence electrons. The van der Waals surface area contributed by atoms with Crippen molar-refractivity contribution in [2.24, 2.45) is 0 Å². The summed E-state index contributed by atoms with van der Waals surface area (Å²) >= 11 is 0. The Morgan fingerprint density at radius 3 is 2.26 bits per heavy atom. The van der Waals surface area contributed by atoms with Gasteiger partial charge in [0.1, 0.15) is 17.2 Å². The van der Waals surface area contributed by atoms with Crippen LogP contribution in [0.4, 0.5) is 19.3 Å². The first-order valence-corrected chi connectivity index (χ1v) is 11.7. The van der Waals surface area contributed by atoms with E-state index in [0.717, 1.165) is 24.5 Å². The lowest BCUT2D eigenvalue weighted by Gasteiger charge is -2.37. The number of carbonyl (C=O) groups is 3. The number of halogens is 2. The summed E-state index contributed by atoms with van der Waals surface area (Å²) in [5.74, 6) is -1.31. The molecule has 2 aliphatic rings. The van der Waals surface area contributed by atoms with Gasteiger partial charge in [0.05, 0.1) is 6.54 Å². The maximum absolute atomic E-state index is 14.0. The maximum atomic E-state index is 14.0. The molecule has 7 nitrogen and oxygen atoms in total. The van der Waals surface area contributed by atoms with Crippen molar-refractivity contribution in [3.8, 4) is 0 Å². The highest BCUT2D eigenvalue weighted by molar-refractivity contribution is 5.90. The maximum Gasteiger partial charge on any atom is 0.322 e. The predicted molar refractivity (Wildman–Crippen MR) is 128 cm³/mol. The van der Waals surface area contributed by atoms with Crippen LogP contribution in [-0.4, -0.2) is 46.3 Å². The second kappa shape index (κ2) is 9.64. The summed E-state index contributed by atoms with van der Waals surface area (Å²) < 4.78 is 27.4. The molecule has 0 saturated carbocycles. The van der Waals surface area contributed by atoms with Crippen molar-refractivity contribution in [1.29, 1.82) is 0 Å². The Hall–Kier alpha value is -3.49. The van der Waals surface area contributed by atoms with E-state index in [1.807, 2.05) is 24.3 Å². The minimum atomic E-state index is -0.935. The van der Waals surface area contributed by atoms with Gasteiger partial charge in [-0.15, -0.1) is 0 Å². The summed E-state index contributed by atoms with van der Waals surface area (Å²) in [7, 11) is 0. The van der Waals surface area contributed by atoms with Crippen molar-refractivity contribution >= 4 is 23.5 Å². The molecule has 2 N–H and O–H groups in total. The third-order valence-corrected chi connectivity index (χ3v) is 6.69. The van der Waals surface area contributed by atoms with Crippen LogP contribution in [0.25, 0.3) is 0 Å². The number of urea groups is 1. The van der Waals surface area contributed by atoms with E-state index < -0.39 is 17.2 Å². The molecule has 0 aliphatic carbocycles. The number of benzene rings is 2. The van der Waals surface area contributed by atoms with Crippen LogP contribution < -0.4 is 10.6 Å². The molecule has 35 heavy (non-hydrogen) atoms. The topological polar surface area (TPSA) is 81.8 Å². The first-order chi connectivity index (χ1) is 16.5. The highest BCUT2D eigenvalue weighted by atomic mass is 19.1. The zero-order valence-electron chi connectivity index (χ0n) is 20.2. The van der Waals surface area contributed by atoms with Crippen molar-refractivity contribution in [2.75, 3.05) is 18.4 Å². The lowest BCUT2D eigenvalue weighted by atomic mass is 9.88. The van der Waals surface area contributed by atoms with Crippen LogP contribution in [0.2, 0.25) is 0 Å².